The van der Waals surface area contributed by atoms with Gasteiger partial charge in [-0.05, 0) is 49.4 Å². The van der Waals surface area contributed by atoms with Gasteiger partial charge in [-0.1, -0.05) is 11.6 Å². The predicted molar refractivity (Wildman–Crippen MR) is 88.4 cm³/mol. The van der Waals surface area contributed by atoms with Crippen molar-refractivity contribution in [3.05, 3.63) is 29.3 Å². The van der Waals surface area contributed by atoms with Crippen molar-refractivity contribution in [1.82, 2.24) is 5.32 Å². The summed E-state index contributed by atoms with van der Waals surface area (Å²) in [7, 11) is 0. The standard InChI is InChI=1S/C17H23ClN2O2/c18-14-3-5-15(6-4-14)20-8-7-13(12-20)11-19-17(21)10-16-2-1-9-22-16/h3-6,13,16H,1-2,7-12H2,(H,19,21). The molecule has 2 heterocycles. The monoisotopic (exact) mass is 322 g/mol. The fraction of sp³-hybridized carbons (Fsp3) is 0.588. The molecule has 1 aromatic carbocycles. The SMILES string of the molecule is O=C(CC1CCCO1)NCC1CCN(c2ccc(Cl)cc2)C1. The van der Waals surface area contributed by atoms with E-state index in [-0.39, 0.29) is 12.0 Å². The summed E-state index contributed by atoms with van der Waals surface area (Å²) in [5, 5.41) is 3.83. The number of anilines is 1. The maximum absolute atomic E-state index is 11.9. The Morgan fingerprint density at radius 2 is 2.14 bits per heavy atom. The van der Waals surface area contributed by atoms with Crippen LogP contribution in [0.2, 0.25) is 5.02 Å². The van der Waals surface area contributed by atoms with Gasteiger partial charge in [-0.25, -0.2) is 0 Å². The van der Waals surface area contributed by atoms with Crippen LogP contribution in [0.25, 0.3) is 0 Å². The van der Waals surface area contributed by atoms with E-state index in [4.69, 9.17) is 16.3 Å². The third kappa shape index (κ3) is 4.14. The molecule has 5 heteroatoms. The summed E-state index contributed by atoms with van der Waals surface area (Å²) in [6, 6.07) is 7.96. The van der Waals surface area contributed by atoms with Crippen molar-refractivity contribution in [2.24, 2.45) is 5.92 Å². The van der Waals surface area contributed by atoms with Gasteiger partial charge in [-0.3, -0.25) is 4.79 Å². The Hall–Kier alpha value is -1.26. The van der Waals surface area contributed by atoms with Crippen LogP contribution in [0, 0.1) is 5.92 Å². The fourth-order valence-corrected chi connectivity index (χ4v) is 3.35. The molecule has 1 amide bonds. The molecule has 2 aliphatic rings. The number of hydrogen-bond acceptors (Lipinski definition) is 3. The van der Waals surface area contributed by atoms with E-state index in [1.165, 1.54) is 5.69 Å². The van der Waals surface area contributed by atoms with E-state index in [1.54, 1.807) is 0 Å². The highest BCUT2D eigenvalue weighted by molar-refractivity contribution is 6.30. The first-order valence-electron chi connectivity index (χ1n) is 8.09. The first kappa shape index (κ1) is 15.6. The lowest BCUT2D eigenvalue weighted by atomic mass is 10.1. The summed E-state index contributed by atoms with van der Waals surface area (Å²) in [5.74, 6) is 0.640. The third-order valence-corrected chi connectivity index (χ3v) is 4.75. The first-order valence-corrected chi connectivity index (χ1v) is 8.47. The molecule has 2 unspecified atom stereocenters. The van der Waals surface area contributed by atoms with E-state index in [9.17, 15) is 4.79 Å². The molecule has 120 valence electrons. The van der Waals surface area contributed by atoms with Gasteiger partial charge in [0.2, 0.25) is 5.91 Å². The van der Waals surface area contributed by atoms with Crippen molar-refractivity contribution in [2.75, 3.05) is 31.1 Å². The van der Waals surface area contributed by atoms with Gasteiger partial charge in [0.25, 0.3) is 0 Å². The molecular formula is C17H23ClN2O2. The second kappa shape index (κ2) is 7.34. The van der Waals surface area contributed by atoms with Gasteiger partial charge in [-0.2, -0.15) is 0 Å². The normalized spacial score (nSPS) is 24.7. The molecule has 0 bridgehead atoms. The second-order valence-corrected chi connectivity index (χ2v) is 6.66. The molecule has 4 nitrogen and oxygen atoms in total. The number of benzene rings is 1. The van der Waals surface area contributed by atoms with Gasteiger partial charge in [0.1, 0.15) is 0 Å². The van der Waals surface area contributed by atoms with Crippen molar-refractivity contribution >= 4 is 23.2 Å². The topological polar surface area (TPSA) is 41.6 Å². The highest BCUT2D eigenvalue weighted by Gasteiger charge is 2.24. The molecule has 2 atom stereocenters. The molecule has 0 radical (unpaired) electrons. The summed E-state index contributed by atoms with van der Waals surface area (Å²) in [6.07, 6.45) is 3.85. The van der Waals surface area contributed by atoms with Gasteiger partial charge in [-0.15, -0.1) is 0 Å². The predicted octanol–water partition coefficient (Wildman–Crippen LogP) is 2.85. The van der Waals surface area contributed by atoms with Crippen LogP contribution in [0.4, 0.5) is 5.69 Å². The molecule has 1 aromatic rings. The van der Waals surface area contributed by atoms with Crippen LogP contribution in [0.5, 0.6) is 0 Å². The Morgan fingerprint density at radius 1 is 1.32 bits per heavy atom. The van der Waals surface area contributed by atoms with Crippen LogP contribution in [-0.2, 0) is 9.53 Å². The quantitative estimate of drug-likeness (QED) is 0.906. The van der Waals surface area contributed by atoms with Crippen LogP contribution in [-0.4, -0.2) is 38.3 Å². The van der Waals surface area contributed by atoms with E-state index < -0.39 is 0 Å². The molecule has 0 aromatic heterocycles. The number of hydrogen-bond donors (Lipinski definition) is 1. The molecule has 2 aliphatic heterocycles. The van der Waals surface area contributed by atoms with E-state index >= 15 is 0 Å². The molecule has 22 heavy (non-hydrogen) atoms. The highest BCUT2D eigenvalue weighted by atomic mass is 35.5. The number of carbonyl (C=O) groups is 1. The Morgan fingerprint density at radius 3 is 2.86 bits per heavy atom. The number of rotatable bonds is 5. The van der Waals surface area contributed by atoms with E-state index in [0.717, 1.165) is 50.5 Å². The van der Waals surface area contributed by atoms with Gasteiger partial charge >= 0.3 is 0 Å². The molecular weight excluding hydrogens is 300 g/mol. The lowest BCUT2D eigenvalue weighted by Gasteiger charge is -2.19. The molecule has 0 aliphatic carbocycles. The Labute approximate surface area is 136 Å². The van der Waals surface area contributed by atoms with Gasteiger partial charge < -0.3 is 15.0 Å². The summed E-state index contributed by atoms with van der Waals surface area (Å²) in [4.78, 5) is 14.3. The van der Waals surface area contributed by atoms with Crippen LogP contribution >= 0.6 is 11.6 Å². The molecule has 0 spiro atoms. The third-order valence-electron chi connectivity index (χ3n) is 4.50. The van der Waals surface area contributed by atoms with Crippen LogP contribution in [0.3, 0.4) is 0 Å². The minimum Gasteiger partial charge on any atom is -0.378 e. The smallest absolute Gasteiger partial charge is 0.222 e. The number of amides is 1. The zero-order valence-electron chi connectivity index (χ0n) is 12.8. The summed E-state index contributed by atoms with van der Waals surface area (Å²) >= 11 is 5.93. The number of carbonyl (C=O) groups excluding carboxylic acids is 1. The van der Waals surface area contributed by atoms with Crippen molar-refractivity contribution in [3.63, 3.8) is 0 Å². The Kier molecular flexibility index (Phi) is 5.21. The van der Waals surface area contributed by atoms with Gasteiger partial charge in [0.15, 0.2) is 0 Å². The van der Waals surface area contributed by atoms with Crippen LogP contribution in [0.15, 0.2) is 24.3 Å². The van der Waals surface area contributed by atoms with Crippen molar-refractivity contribution < 1.29 is 9.53 Å². The van der Waals surface area contributed by atoms with Gasteiger partial charge in [0.05, 0.1) is 12.5 Å². The molecule has 2 fully saturated rings. The Balaban J connectivity index is 1.41. The van der Waals surface area contributed by atoms with Gasteiger partial charge in [0, 0.05) is 37.0 Å². The Bertz CT molecular complexity index is 500. The first-order chi connectivity index (χ1) is 10.7. The molecule has 3 rings (SSSR count). The number of nitrogens with one attached hydrogen (secondary N) is 1. The zero-order chi connectivity index (χ0) is 15.4. The van der Waals surface area contributed by atoms with Crippen molar-refractivity contribution in [3.8, 4) is 0 Å². The van der Waals surface area contributed by atoms with E-state index in [1.807, 2.05) is 12.1 Å². The van der Waals surface area contributed by atoms with E-state index in [0.29, 0.717) is 12.3 Å². The summed E-state index contributed by atoms with van der Waals surface area (Å²) < 4.78 is 5.50. The average molecular weight is 323 g/mol. The molecule has 0 saturated carbocycles. The van der Waals surface area contributed by atoms with Crippen LogP contribution < -0.4 is 10.2 Å². The molecule has 1 N–H and O–H groups in total. The fourth-order valence-electron chi connectivity index (χ4n) is 3.23. The van der Waals surface area contributed by atoms with Crippen LogP contribution in [0.1, 0.15) is 25.7 Å². The van der Waals surface area contributed by atoms with E-state index in [2.05, 4.69) is 22.3 Å². The highest BCUT2D eigenvalue weighted by Crippen LogP contribution is 2.25. The van der Waals surface area contributed by atoms with Crippen molar-refractivity contribution in [1.29, 1.82) is 0 Å². The lowest BCUT2D eigenvalue weighted by Crippen LogP contribution is -2.32. The zero-order valence-corrected chi connectivity index (χ0v) is 13.5. The molecule has 2 saturated heterocycles. The second-order valence-electron chi connectivity index (χ2n) is 6.22. The lowest BCUT2D eigenvalue weighted by molar-refractivity contribution is -0.123. The number of halogens is 1. The summed E-state index contributed by atoms with van der Waals surface area (Å²) in [5.41, 5.74) is 1.21. The maximum atomic E-state index is 11.9. The number of nitrogens with zero attached hydrogens (tertiary/aromatic N) is 1. The average Bonchev–Trinajstić information content (AvgIpc) is 3.17. The van der Waals surface area contributed by atoms with Crippen molar-refractivity contribution in [2.45, 2.75) is 31.8 Å². The largest absolute Gasteiger partial charge is 0.378 e. The summed E-state index contributed by atoms with van der Waals surface area (Å²) in [6.45, 7) is 3.59. The maximum Gasteiger partial charge on any atom is 0.222 e. The number of ether oxygens (including phenoxy) is 1. The minimum absolute atomic E-state index is 0.122. The minimum atomic E-state index is 0.122.